The monoisotopic (exact) mass is 548 g/mol. The van der Waals surface area contributed by atoms with Gasteiger partial charge in [0, 0.05) is 0 Å². The van der Waals surface area contributed by atoms with Crippen molar-refractivity contribution in [3.63, 3.8) is 0 Å². The number of allylic oxidation sites excluding steroid dienone is 20. The van der Waals surface area contributed by atoms with E-state index in [9.17, 15) is 0 Å². The fourth-order valence-corrected chi connectivity index (χ4v) is 3.84. The number of hydrogen-bond donors (Lipinski definition) is 1. The molecule has 1 nitrogen and oxygen atoms in total. The molecule has 0 spiro atoms. The summed E-state index contributed by atoms with van der Waals surface area (Å²) in [5.41, 5.74) is 12.5. The van der Waals surface area contributed by atoms with Gasteiger partial charge in [-0.2, -0.15) is 0 Å². The Morgan fingerprint density at radius 3 is 1.59 bits per heavy atom. The van der Waals surface area contributed by atoms with E-state index in [1.54, 1.807) is 0 Å². The van der Waals surface area contributed by atoms with E-state index in [1.165, 1.54) is 50.1 Å². The van der Waals surface area contributed by atoms with Crippen molar-refractivity contribution in [1.82, 2.24) is 0 Å². The van der Waals surface area contributed by atoms with E-state index in [2.05, 4.69) is 165 Å². The van der Waals surface area contributed by atoms with Crippen molar-refractivity contribution in [3.05, 3.63) is 159 Å². The molecule has 0 atom stereocenters. The predicted octanol–water partition coefficient (Wildman–Crippen LogP) is 11.3. The minimum Gasteiger partial charge on any atom is -0.392 e. The second-order valence-corrected chi connectivity index (χ2v) is 10.9. The Bertz CT molecular complexity index is 1320. The van der Waals surface area contributed by atoms with Gasteiger partial charge in [0.1, 0.15) is 0 Å². The van der Waals surface area contributed by atoms with Crippen molar-refractivity contribution in [3.8, 4) is 0 Å². The van der Waals surface area contributed by atoms with Crippen LogP contribution in [0.3, 0.4) is 0 Å². The summed E-state index contributed by atoms with van der Waals surface area (Å²) in [6.07, 6.45) is 36.0. The van der Waals surface area contributed by atoms with E-state index in [-0.39, 0.29) is 6.61 Å². The first-order chi connectivity index (χ1) is 19.5. The van der Waals surface area contributed by atoms with Crippen molar-refractivity contribution in [2.45, 2.75) is 75.2 Å². The Hall–Kier alpha value is -3.68. The van der Waals surface area contributed by atoms with Crippen LogP contribution >= 0.6 is 0 Å². The van der Waals surface area contributed by atoms with Crippen LogP contribution in [0.25, 0.3) is 6.08 Å². The number of benzene rings is 1. The minimum atomic E-state index is 0.144. The van der Waals surface area contributed by atoms with Gasteiger partial charge in [0.05, 0.1) is 6.61 Å². The van der Waals surface area contributed by atoms with Gasteiger partial charge in [0.25, 0.3) is 0 Å². The zero-order valence-corrected chi connectivity index (χ0v) is 27.0. The molecule has 0 heterocycles. The molecule has 0 radical (unpaired) electrons. The zero-order valence-electron chi connectivity index (χ0n) is 27.0. The summed E-state index contributed by atoms with van der Waals surface area (Å²) in [4.78, 5) is 0. The summed E-state index contributed by atoms with van der Waals surface area (Å²) >= 11 is 0. The van der Waals surface area contributed by atoms with Crippen molar-refractivity contribution >= 4 is 6.08 Å². The molecule has 1 aromatic carbocycles. The Morgan fingerprint density at radius 1 is 0.585 bits per heavy atom. The Kier molecular flexibility index (Phi) is 17.4. The van der Waals surface area contributed by atoms with Crippen LogP contribution < -0.4 is 0 Å². The molecular weight excluding hydrogens is 496 g/mol. The lowest BCUT2D eigenvalue weighted by Crippen LogP contribution is -1.89. The maximum Gasteiger partial charge on any atom is 0.0639 e. The minimum absolute atomic E-state index is 0.144. The number of aryl methyl sites for hydroxylation is 2. The van der Waals surface area contributed by atoms with E-state index in [0.717, 1.165) is 18.4 Å². The average molecular weight is 549 g/mol. The molecule has 0 amide bonds. The third-order valence-corrected chi connectivity index (χ3v) is 6.80. The second-order valence-electron chi connectivity index (χ2n) is 10.9. The molecule has 0 aliphatic carbocycles. The van der Waals surface area contributed by atoms with Gasteiger partial charge in [-0.3, -0.25) is 0 Å². The fourth-order valence-electron chi connectivity index (χ4n) is 3.84. The number of aliphatic hydroxyl groups is 1. The van der Waals surface area contributed by atoms with Crippen LogP contribution in [-0.4, -0.2) is 11.7 Å². The van der Waals surface area contributed by atoms with Crippen LogP contribution in [0.4, 0.5) is 0 Å². The van der Waals surface area contributed by atoms with Gasteiger partial charge in [0.15, 0.2) is 0 Å². The second kappa shape index (κ2) is 20.2. The molecule has 0 saturated heterocycles. The van der Waals surface area contributed by atoms with Crippen molar-refractivity contribution in [2.24, 2.45) is 0 Å². The molecule has 1 N–H and O–H groups in total. The van der Waals surface area contributed by atoms with Gasteiger partial charge in [-0.15, -0.1) is 0 Å². The Balaban J connectivity index is 2.59. The number of hydrogen-bond acceptors (Lipinski definition) is 1. The molecule has 0 aromatic heterocycles. The summed E-state index contributed by atoms with van der Waals surface area (Å²) in [6, 6.07) is 4.38. The molecule has 1 aromatic rings. The molecule has 0 fully saturated rings. The average Bonchev–Trinajstić information content (AvgIpc) is 2.93. The first-order valence-electron chi connectivity index (χ1n) is 14.6. The summed E-state index contributed by atoms with van der Waals surface area (Å²) in [5.74, 6) is 0. The molecule has 1 rings (SSSR count). The smallest absolute Gasteiger partial charge is 0.0639 e. The normalized spacial score (nSPS) is 15.3. The van der Waals surface area contributed by atoms with Crippen LogP contribution in [0.5, 0.6) is 0 Å². The van der Waals surface area contributed by atoms with E-state index < -0.39 is 0 Å². The maximum absolute atomic E-state index is 9.05. The molecule has 0 aliphatic heterocycles. The molecule has 41 heavy (non-hydrogen) atoms. The third-order valence-electron chi connectivity index (χ3n) is 6.80. The van der Waals surface area contributed by atoms with Gasteiger partial charge in [-0.05, 0) is 97.4 Å². The van der Waals surface area contributed by atoms with Crippen molar-refractivity contribution in [2.75, 3.05) is 6.61 Å². The molecular formula is C40H52O. The van der Waals surface area contributed by atoms with Crippen LogP contribution in [0.15, 0.2) is 137 Å². The standard InChI is InChI=1S/C40H52O/c1-31(18-12-20-33(3)21-13-22-34(4)23-15-25-36(6)30-41)16-10-11-17-32(2)19-14-24-35(5)26-29-40-38(8)28-27-37(7)39(40)9/h10-14,16-22,24-29,41H,15,23,30H2,1-9H3/b11-10+,18-12+,19-14+,21-13+,29-26+,31-16+,32-17+,33-20+,34-22+,35-24+,36-25+. The molecule has 218 valence electrons. The van der Waals surface area contributed by atoms with Crippen molar-refractivity contribution < 1.29 is 5.11 Å². The van der Waals surface area contributed by atoms with E-state index in [0.29, 0.717) is 0 Å². The highest BCUT2D eigenvalue weighted by atomic mass is 16.3. The Labute approximate surface area is 251 Å². The third kappa shape index (κ3) is 16.2. The lowest BCUT2D eigenvalue weighted by atomic mass is 9.97. The lowest BCUT2D eigenvalue weighted by Gasteiger charge is -2.08. The summed E-state index contributed by atoms with van der Waals surface area (Å²) < 4.78 is 0. The zero-order chi connectivity index (χ0) is 30.6. The summed E-state index contributed by atoms with van der Waals surface area (Å²) in [5, 5.41) is 9.05. The molecule has 0 aliphatic rings. The van der Waals surface area contributed by atoms with Gasteiger partial charge >= 0.3 is 0 Å². The summed E-state index contributed by atoms with van der Waals surface area (Å²) in [7, 11) is 0. The quantitative estimate of drug-likeness (QED) is 0.181. The lowest BCUT2D eigenvalue weighted by molar-refractivity contribution is 0.331. The first-order valence-corrected chi connectivity index (χ1v) is 14.6. The van der Waals surface area contributed by atoms with Crippen LogP contribution in [0, 0.1) is 20.8 Å². The molecule has 0 unspecified atom stereocenters. The predicted molar refractivity (Wildman–Crippen MR) is 185 cm³/mol. The van der Waals surface area contributed by atoms with Crippen LogP contribution in [0.2, 0.25) is 0 Å². The molecule has 0 saturated carbocycles. The topological polar surface area (TPSA) is 20.2 Å². The highest BCUT2D eigenvalue weighted by Gasteiger charge is 2.01. The van der Waals surface area contributed by atoms with E-state index in [4.69, 9.17) is 5.11 Å². The van der Waals surface area contributed by atoms with Gasteiger partial charge in [-0.25, -0.2) is 0 Å². The highest BCUT2D eigenvalue weighted by molar-refractivity contribution is 5.61. The van der Waals surface area contributed by atoms with E-state index >= 15 is 0 Å². The summed E-state index contributed by atoms with van der Waals surface area (Å²) in [6.45, 7) is 19.2. The first kappa shape index (κ1) is 35.3. The van der Waals surface area contributed by atoms with Crippen LogP contribution in [0.1, 0.15) is 76.6 Å². The largest absolute Gasteiger partial charge is 0.392 e. The molecule has 0 bridgehead atoms. The Morgan fingerprint density at radius 2 is 1.05 bits per heavy atom. The van der Waals surface area contributed by atoms with Crippen molar-refractivity contribution in [1.29, 1.82) is 0 Å². The van der Waals surface area contributed by atoms with Crippen LogP contribution in [-0.2, 0) is 0 Å². The highest BCUT2D eigenvalue weighted by Crippen LogP contribution is 2.19. The fraction of sp³-hybridized carbons (Fsp3) is 0.300. The van der Waals surface area contributed by atoms with E-state index in [1.807, 2.05) is 6.92 Å². The van der Waals surface area contributed by atoms with Gasteiger partial charge < -0.3 is 5.11 Å². The number of aliphatic hydroxyl groups excluding tert-OH is 1. The maximum atomic E-state index is 9.05. The van der Waals surface area contributed by atoms with Gasteiger partial charge in [0.2, 0.25) is 0 Å². The molecule has 1 heteroatoms. The SMILES string of the molecule is CC(/C=C/C=C(C)/C=C/C=C(\C)CC/C=C(\C)CO)=C\C=C\C=C(C)\C=C\C=C(C)\C=C\c1c(C)ccc(C)c1C. The van der Waals surface area contributed by atoms with Gasteiger partial charge in [-0.1, -0.05) is 143 Å². The number of rotatable bonds is 14.